The van der Waals surface area contributed by atoms with Gasteiger partial charge in [0.25, 0.3) is 0 Å². The molecule has 0 N–H and O–H groups in total. The summed E-state index contributed by atoms with van der Waals surface area (Å²) in [6, 6.07) is 23.0. The molecule has 0 bridgehead atoms. The first-order chi connectivity index (χ1) is 12.7. The molecule has 2 aromatic heterocycles. The molecule has 4 aromatic carbocycles. The summed E-state index contributed by atoms with van der Waals surface area (Å²) in [5, 5.41) is 8.17. The highest BCUT2D eigenvalue weighted by Gasteiger charge is 2.13. The van der Waals surface area contributed by atoms with Crippen LogP contribution >= 0.6 is 22.7 Å². The van der Waals surface area contributed by atoms with Crippen LogP contribution in [0.25, 0.3) is 51.1 Å². The highest BCUT2D eigenvalue weighted by molar-refractivity contribution is 7.36. The van der Waals surface area contributed by atoms with Gasteiger partial charge in [-0.2, -0.15) is 0 Å². The van der Waals surface area contributed by atoms with Crippen molar-refractivity contribution in [2.24, 2.45) is 0 Å². The molecule has 0 aliphatic carbocycles. The number of hydrogen-bond donors (Lipinski definition) is 0. The lowest BCUT2D eigenvalue weighted by Crippen LogP contribution is -1.75. The predicted octanol–water partition coefficient (Wildman–Crippen LogP) is 8.19. The van der Waals surface area contributed by atoms with E-state index in [9.17, 15) is 0 Å². The van der Waals surface area contributed by atoms with Gasteiger partial charge in [-0.15, -0.1) is 22.7 Å². The Morgan fingerprint density at radius 3 is 1.42 bits per heavy atom. The van der Waals surface area contributed by atoms with Gasteiger partial charge >= 0.3 is 0 Å². The Morgan fingerprint density at radius 2 is 0.962 bits per heavy atom. The second-order valence-corrected chi connectivity index (χ2v) is 9.36. The molecule has 0 saturated heterocycles. The first-order valence-corrected chi connectivity index (χ1v) is 10.5. The second-order valence-electron chi connectivity index (χ2n) is 7.26. The molecular weight excluding hydrogens is 352 g/mol. The third kappa shape index (κ3) is 2.00. The van der Waals surface area contributed by atoms with Crippen molar-refractivity contribution in [3.63, 3.8) is 0 Å². The van der Waals surface area contributed by atoms with Crippen LogP contribution in [0.4, 0.5) is 0 Å². The van der Waals surface area contributed by atoms with Crippen LogP contribution in [-0.2, 0) is 0 Å². The molecule has 0 radical (unpaired) electrons. The maximum atomic E-state index is 2.38. The monoisotopic (exact) mass is 368 g/mol. The van der Waals surface area contributed by atoms with Gasteiger partial charge in [0.2, 0.25) is 0 Å². The minimum atomic E-state index is 1.32. The molecule has 0 aliphatic heterocycles. The molecule has 2 heterocycles. The van der Waals surface area contributed by atoms with Crippen LogP contribution in [-0.4, -0.2) is 0 Å². The molecule has 26 heavy (non-hydrogen) atoms. The molecular formula is C24H16S2. The minimum absolute atomic E-state index is 1.32. The van der Waals surface area contributed by atoms with E-state index in [0.29, 0.717) is 0 Å². The number of thiophene rings is 2. The standard InChI is InChI=1S/C24H16S2/c1-13-3-5-15-11-21-19(9-17(15)7-13)23-24(25-21)20-10-18-8-14(2)4-6-16(18)12-22(20)26-23/h3-12H,1-2H3. The quantitative estimate of drug-likeness (QED) is 0.253. The van der Waals surface area contributed by atoms with E-state index in [2.05, 4.69) is 74.5 Å². The van der Waals surface area contributed by atoms with Gasteiger partial charge in [-0.1, -0.05) is 47.5 Å². The Labute approximate surface area is 159 Å². The Bertz CT molecular complexity index is 1380. The lowest BCUT2D eigenvalue weighted by Gasteiger charge is -2.01. The highest BCUT2D eigenvalue weighted by Crippen LogP contribution is 2.46. The van der Waals surface area contributed by atoms with Gasteiger partial charge in [0.1, 0.15) is 0 Å². The second kappa shape index (κ2) is 5.06. The minimum Gasteiger partial charge on any atom is -0.134 e. The van der Waals surface area contributed by atoms with Crippen LogP contribution in [0.5, 0.6) is 0 Å². The van der Waals surface area contributed by atoms with Crippen molar-refractivity contribution in [2.45, 2.75) is 13.8 Å². The fourth-order valence-electron chi connectivity index (χ4n) is 3.98. The van der Waals surface area contributed by atoms with Crippen LogP contribution in [0.2, 0.25) is 0 Å². The maximum absolute atomic E-state index is 2.38. The Balaban J connectivity index is 1.76. The van der Waals surface area contributed by atoms with Gasteiger partial charge in [-0.3, -0.25) is 0 Å². The third-order valence-electron chi connectivity index (χ3n) is 5.31. The van der Waals surface area contributed by atoms with Crippen molar-refractivity contribution in [1.82, 2.24) is 0 Å². The summed E-state index contributed by atoms with van der Waals surface area (Å²) in [5.74, 6) is 0. The molecule has 6 aromatic rings. The number of rotatable bonds is 0. The first kappa shape index (κ1) is 14.7. The zero-order valence-electron chi connectivity index (χ0n) is 14.6. The van der Waals surface area contributed by atoms with Gasteiger partial charge in [0, 0.05) is 20.2 Å². The Morgan fingerprint density at radius 1 is 0.500 bits per heavy atom. The highest BCUT2D eigenvalue weighted by atomic mass is 32.1. The van der Waals surface area contributed by atoms with Crippen molar-refractivity contribution < 1.29 is 0 Å². The number of aryl methyl sites for hydroxylation is 2. The summed E-state index contributed by atoms with van der Waals surface area (Å²) >= 11 is 3.88. The normalized spacial score (nSPS) is 12.2. The molecule has 124 valence electrons. The lowest BCUT2D eigenvalue weighted by molar-refractivity contribution is 1.51. The topological polar surface area (TPSA) is 0 Å². The van der Waals surface area contributed by atoms with Crippen LogP contribution in [0, 0.1) is 13.8 Å². The average molecular weight is 369 g/mol. The fourth-order valence-corrected chi connectivity index (χ4v) is 6.68. The fraction of sp³-hybridized carbons (Fsp3) is 0.0833. The third-order valence-corrected chi connectivity index (χ3v) is 7.81. The van der Waals surface area contributed by atoms with E-state index in [0.717, 1.165) is 0 Å². The Kier molecular flexibility index (Phi) is 2.87. The molecule has 0 aliphatic rings. The summed E-state index contributed by atoms with van der Waals surface area (Å²) in [7, 11) is 0. The van der Waals surface area contributed by atoms with Gasteiger partial charge in [-0.25, -0.2) is 0 Å². The van der Waals surface area contributed by atoms with E-state index in [-0.39, 0.29) is 0 Å². The average Bonchev–Trinajstić information content (AvgIpc) is 3.14. The molecule has 0 fully saturated rings. The Hall–Kier alpha value is -2.42. The van der Waals surface area contributed by atoms with Crippen molar-refractivity contribution >= 4 is 73.8 Å². The summed E-state index contributed by atoms with van der Waals surface area (Å²) in [4.78, 5) is 0. The van der Waals surface area contributed by atoms with Gasteiger partial charge in [-0.05, 0) is 59.7 Å². The number of fused-ring (bicyclic) bond motifs is 7. The van der Waals surface area contributed by atoms with E-state index >= 15 is 0 Å². The zero-order valence-corrected chi connectivity index (χ0v) is 16.2. The van der Waals surface area contributed by atoms with Gasteiger partial charge < -0.3 is 0 Å². The number of benzene rings is 4. The van der Waals surface area contributed by atoms with Crippen LogP contribution in [0.3, 0.4) is 0 Å². The summed E-state index contributed by atoms with van der Waals surface area (Å²) in [6.45, 7) is 4.33. The molecule has 0 spiro atoms. The molecule has 0 atom stereocenters. The maximum Gasteiger partial charge on any atom is 0.0542 e. The molecule has 0 unspecified atom stereocenters. The van der Waals surface area contributed by atoms with E-state index in [1.165, 1.54) is 62.2 Å². The zero-order chi connectivity index (χ0) is 17.4. The smallest absolute Gasteiger partial charge is 0.0542 e. The first-order valence-electron chi connectivity index (χ1n) is 8.85. The van der Waals surface area contributed by atoms with Crippen LogP contribution in [0.1, 0.15) is 11.1 Å². The molecule has 0 saturated carbocycles. The number of hydrogen-bond acceptors (Lipinski definition) is 2. The SMILES string of the molecule is Cc1ccc2cc3sc4c5cc6cc(C)ccc6cc5sc4c3cc2c1. The van der Waals surface area contributed by atoms with Crippen LogP contribution in [0.15, 0.2) is 60.7 Å². The van der Waals surface area contributed by atoms with Crippen molar-refractivity contribution in [2.75, 3.05) is 0 Å². The van der Waals surface area contributed by atoms with E-state index in [1.54, 1.807) is 0 Å². The molecule has 2 heteroatoms. The summed E-state index contributed by atoms with van der Waals surface area (Å²) in [6.07, 6.45) is 0. The van der Waals surface area contributed by atoms with E-state index in [1.807, 2.05) is 22.7 Å². The predicted molar refractivity (Wildman–Crippen MR) is 119 cm³/mol. The summed E-state index contributed by atoms with van der Waals surface area (Å²) in [5.41, 5.74) is 2.64. The molecule has 0 nitrogen and oxygen atoms in total. The van der Waals surface area contributed by atoms with Crippen molar-refractivity contribution in [3.8, 4) is 0 Å². The van der Waals surface area contributed by atoms with Crippen molar-refractivity contribution in [1.29, 1.82) is 0 Å². The van der Waals surface area contributed by atoms with E-state index < -0.39 is 0 Å². The van der Waals surface area contributed by atoms with Crippen LogP contribution < -0.4 is 0 Å². The summed E-state index contributed by atoms with van der Waals surface area (Å²) < 4.78 is 5.67. The van der Waals surface area contributed by atoms with E-state index in [4.69, 9.17) is 0 Å². The van der Waals surface area contributed by atoms with Gasteiger partial charge in [0.05, 0.1) is 9.40 Å². The lowest BCUT2D eigenvalue weighted by atomic mass is 10.1. The molecule has 6 rings (SSSR count). The van der Waals surface area contributed by atoms with Crippen molar-refractivity contribution in [3.05, 3.63) is 71.8 Å². The molecule has 0 amide bonds. The largest absolute Gasteiger partial charge is 0.134 e. The van der Waals surface area contributed by atoms with Gasteiger partial charge in [0.15, 0.2) is 0 Å².